The second-order valence-corrected chi connectivity index (χ2v) is 7.96. The summed E-state index contributed by atoms with van der Waals surface area (Å²) in [6.07, 6.45) is 1.84. The number of rotatable bonds is 8. The molecule has 1 heterocycles. The third kappa shape index (κ3) is 4.87. The second-order valence-electron chi connectivity index (χ2n) is 6.10. The largest absolute Gasteiger partial charge is 0.456 e. The van der Waals surface area contributed by atoms with Crippen molar-refractivity contribution in [1.82, 2.24) is 4.31 Å². The molecule has 3 atom stereocenters. The third-order valence-electron chi connectivity index (χ3n) is 4.10. The van der Waals surface area contributed by atoms with E-state index in [1.807, 2.05) is 0 Å². The summed E-state index contributed by atoms with van der Waals surface area (Å²) in [7, 11) is -4.35. The predicted octanol–water partition coefficient (Wildman–Crippen LogP) is 1.57. The van der Waals surface area contributed by atoms with Crippen molar-refractivity contribution in [1.29, 1.82) is 0 Å². The molecule has 0 amide bonds. The normalized spacial score (nSPS) is 18.6. The van der Waals surface area contributed by atoms with Gasteiger partial charge < -0.3 is 9.47 Å². The molecule has 0 radical (unpaired) electrons. The number of para-hydroxylation sites is 1. The lowest BCUT2D eigenvalue weighted by Gasteiger charge is -2.33. The molecule has 0 unspecified atom stereocenters. The first kappa shape index (κ1) is 22.2. The Balaban J connectivity index is 2.50. The van der Waals surface area contributed by atoms with Crippen LogP contribution in [0.5, 0.6) is 0 Å². The number of carbonyl (C=O) groups excluding carboxylic acids is 2. The molecular formula is C18H20N2O8S. The van der Waals surface area contributed by atoms with Crippen molar-refractivity contribution in [3.63, 3.8) is 0 Å². The molecule has 156 valence electrons. The first-order chi connectivity index (χ1) is 13.6. The van der Waals surface area contributed by atoms with E-state index in [0.717, 1.165) is 30.3 Å². The van der Waals surface area contributed by atoms with Gasteiger partial charge in [0, 0.05) is 26.5 Å². The van der Waals surface area contributed by atoms with Crippen LogP contribution in [0, 0.1) is 10.1 Å². The number of hydrogen-bond donors (Lipinski definition) is 0. The molecule has 0 N–H and O–H groups in total. The number of sulfonamides is 1. The second kappa shape index (κ2) is 8.97. The molecule has 1 aliphatic heterocycles. The van der Waals surface area contributed by atoms with E-state index in [1.165, 1.54) is 30.4 Å². The molecule has 0 aliphatic carbocycles. The van der Waals surface area contributed by atoms with Crippen LogP contribution in [0.25, 0.3) is 0 Å². The molecule has 0 aromatic heterocycles. The monoisotopic (exact) mass is 424 g/mol. The lowest BCUT2D eigenvalue weighted by molar-refractivity contribution is -0.387. The zero-order valence-electron chi connectivity index (χ0n) is 15.8. The fraction of sp³-hybridized carbons (Fsp3) is 0.333. The lowest BCUT2D eigenvalue weighted by atomic mass is 10.1. The van der Waals surface area contributed by atoms with Crippen LogP contribution in [-0.4, -0.2) is 54.4 Å². The summed E-state index contributed by atoms with van der Waals surface area (Å²) in [5.41, 5.74) is -0.581. The van der Waals surface area contributed by atoms with Gasteiger partial charge in [0.2, 0.25) is 0 Å². The van der Waals surface area contributed by atoms with Gasteiger partial charge in [-0.1, -0.05) is 30.9 Å². The first-order valence-corrected chi connectivity index (χ1v) is 9.92. The topological polar surface area (TPSA) is 133 Å². The molecule has 1 aromatic carbocycles. The van der Waals surface area contributed by atoms with Gasteiger partial charge in [0.15, 0.2) is 17.1 Å². The first-order valence-electron chi connectivity index (χ1n) is 8.48. The standard InChI is InChI=1S/C18H20N2O8S/c1-4-16(27-12(2)21)18(28-13(3)22)15-9-7-11-19(15)29(25,26)17-10-6-5-8-14(17)20(23)24/h4-10,15-16,18H,1,11H2,2-3H3/t15-,16-,18+/m1/s1. The lowest BCUT2D eigenvalue weighted by Crippen LogP contribution is -2.50. The molecule has 11 heteroatoms. The van der Waals surface area contributed by atoms with E-state index in [2.05, 4.69) is 6.58 Å². The minimum atomic E-state index is -4.35. The number of hydrogen-bond acceptors (Lipinski definition) is 8. The summed E-state index contributed by atoms with van der Waals surface area (Å²) in [6, 6.07) is 3.87. The van der Waals surface area contributed by atoms with Crippen LogP contribution in [0.15, 0.2) is 54.0 Å². The number of nitrogens with zero attached hydrogens (tertiary/aromatic N) is 2. The molecular weight excluding hydrogens is 404 g/mol. The maximum absolute atomic E-state index is 13.2. The van der Waals surface area contributed by atoms with E-state index in [0.29, 0.717) is 0 Å². The predicted molar refractivity (Wildman–Crippen MR) is 101 cm³/mol. The summed E-state index contributed by atoms with van der Waals surface area (Å²) in [5.74, 6) is -1.40. The van der Waals surface area contributed by atoms with Crippen molar-refractivity contribution in [3.8, 4) is 0 Å². The van der Waals surface area contributed by atoms with Gasteiger partial charge in [0.05, 0.1) is 11.0 Å². The van der Waals surface area contributed by atoms with Crippen molar-refractivity contribution < 1.29 is 32.4 Å². The Hall–Kier alpha value is -3.05. The minimum Gasteiger partial charge on any atom is -0.456 e. The van der Waals surface area contributed by atoms with Gasteiger partial charge in [-0.25, -0.2) is 8.42 Å². The van der Waals surface area contributed by atoms with Crippen molar-refractivity contribution in [3.05, 3.63) is 59.2 Å². The zero-order chi connectivity index (χ0) is 21.8. The van der Waals surface area contributed by atoms with Crippen LogP contribution in [-0.2, 0) is 29.1 Å². The molecule has 0 fully saturated rings. The van der Waals surface area contributed by atoms with Gasteiger partial charge >= 0.3 is 11.9 Å². The Labute approximate surface area is 167 Å². The Bertz CT molecular complexity index is 956. The van der Waals surface area contributed by atoms with Crippen LogP contribution in [0.2, 0.25) is 0 Å². The van der Waals surface area contributed by atoms with Crippen LogP contribution in [0.1, 0.15) is 13.8 Å². The third-order valence-corrected chi connectivity index (χ3v) is 6.01. The molecule has 1 aromatic rings. The maximum Gasteiger partial charge on any atom is 0.303 e. The average Bonchev–Trinajstić information content (AvgIpc) is 3.14. The summed E-state index contributed by atoms with van der Waals surface area (Å²) in [5, 5.41) is 11.3. The Morgan fingerprint density at radius 1 is 1.28 bits per heavy atom. The van der Waals surface area contributed by atoms with Crippen molar-refractivity contribution in [2.45, 2.75) is 37.0 Å². The molecule has 1 aliphatic rings. The highest BCUT2D eigenvalue weighted by Crippen LogP contribution is 2.31. The molecule has 0 saturated carbocycles. The molecule has 0 spiro atoms. The van der Waals surface area contributed by atoms with Gasteiger partial charge in [-0.15, -0.1) is 0 Å². The maximum atomic E-state index is 13.2. The quantitative estimate of drug-likeness (QED) is 0.266. The van der Waals surface area contributed by atoms with E-state index in [1.54, 1.807) is 0 Å². The fourth-order valence-electron chi connectivity index (χ4n) is 2.97. The van der Waals surface area contributed by atoms with Crippen molar-refractivity contribution in [2.24, 2.45) is 0 Å². The van der Waals surface area contributed by atoms with Gasteiger partial charge in [-0.3, -0.25) is 19.7 Å². The number of ether oxygens (including phenoxy) is 2. The van der Waals surface area contributed by atoms with E-state index >= 15 is 0 Å². The highest BCUT2D eigenvalue weighted by molar-refractivity contribution is 7.89. The van der Waals surface area contributed by atoms with E-state index < -0.39 is 55.7 Å². The molecule has 0 saturated heterocycles. The molecule has 10 nitrogen and oxygen atoms in total. The highest BCUT2D eigenvalue weighted by Gasteiger charge is 2.44. The highest BCUT2D eigenvalue weighted by atomic mass is 32.2. The summed E-state index contributed by atoms with van der Waals surface area (Å²) < 4.78 is 37.7. The fourth-order valence-corrected chi connectivity index (χ4v) is 4.67. The SMILES string of the molecule is C=C[C@@H](OC(C)=O)[C@@H](OC(C)=O)[C@H]1C=CCN1S(=O)(=O)c1ccccc1[N+](=O)[O-]. The minimum absolute atomic E-state index is 0.110. The van der Waals surface area contributed by atoms with E-state index in [4.69, 9.17) is 9.47 Å². The summed E-state index contributed by atoms with van der Waals surface area (Å²) >= 11 is 0. The van der Waals surface area contributed by atoms with Gasteiger partial charge in [-0.05, 0) is 12.1 Å². The van der Waals surface area contributed by atoms with E-state index in [-0.39, 0.29) is 6.54 Å². The van der Waals surface area contributed by atoms with Gasteiger partial charge in [-0.2, -0.15) is 4.31 Å². The summed E-state index contributed by atoms with van der Waals surface area (Å²) in [4.78, 5) is 33.0. The van der Waals surface area contributed by atoms with Gasteiger partial charge in [0.1, 0.15) is 0 Å². The van der Waals surface area contributed by atoms with Crippen LogP contribution >= 0.6 is 0 Å². The smallest absolute Gasteiger partial charge is 0.303 e. The molecule has 29 heavy (non-hydrogen) atoms. The molecule has 2 rings (SSSR count). The van der Waals surface area contributed by atoms with Crippen molar-refractivity contribution in [2.75, 3.05) is 6.54 Å². The summed E-state index contributed by atoms with van der Waals surface area (Å²) in [6.45, 7) is 5.71. The van der Waals surface area contributed by atoms with Crippen molar-refractivity contribution >= 4 is 27.6 Å². The zero-order valence-corrected chi connectivity index (χ0v) is 16.6. The van der Waals surface area contributed by atoms with Crippen LogP contribution < -0.4 is 0 Å². The average molecular weight is 424 g/mol. The number of carbonyl (C=O) groups is 2. The van der Waals surface area contributed by atoms with Crippen LogP contribution in [0.4, 0.5) is 5.69 Å². The Morgan fingerprint density at radius 2 is 1.90 bits per heavy atom. The Kier molecular flexibility index (Phi) is 6.88. The number of nitro groups is 1. The van der Waals surface area contributed by atoms with Gasteiger partial charge in [0.25, 0.3) is 15.7 Å². The number of nitro benzene ring substituents is 1. The number of esters is 2. The van der Waals surface area contributed by atoms with E-state index in [9.17, 15) is 28.1 Å². The number of benzene rings is 1. The molecule has 0 bridgehead atoms. The van der Waals surface area contributed by atoms with Crippen LogP contribution in [0.3, 0.4) is 0 Å². The Morgan fingerprint density at radius 3 is 2.45 bits per heavy atom.